The predicted octanol–water partition coefficient (Wildman–Crippen LogP) is 3.52. The summed E-state index contributed by atoms with van der Waals surface area (Å²) in [6.45, 7) is -0.260. The molecule has 3 heterocycles. The van der Waals surface area contributed by atoms with Gasteiger partial charge in [0.05, 0.1) is 28.2 Å². The van der Waals surface area contributed by atoms with Gasteiger partial charge < -0.3 is 5.32 Å². The Hall–Kier alpha value is -4.03. The molecule has 208 valence electrons. The molecule has 0 unspecified atom stereocenters. The molecule has 0 radical (unpaired) electrons. The number of halogens is 5. The van der Waals surface area contributed by atoms with Crippen LogP contribution in [0.4, 0.5) is 22.0 Å². The highest BCUT2D eigenvalue weighted by atomic mass is 32.2. The van der Waals surface area contributed by atoms with Crippen molar-refractivity contribution in [1.82, 2.24) is 24.6 Å². The maximum Gasteiger partial charge on any atom is 0.451 e. The van der Waals surface area contributed by atoms with Gasteiger partial charge in [0.15, 0.2) is 0 Å². The second-order valence-electron chi connectivity index (χ2n) is 9.42. The Morgan fingerprint density at radius 3 is 2.35 bits per heavy atom. The average molecular weight is 579 g/mol. The molecule has 1 amide bonds. The summed E-state index contributed by atoms with van der Waals surface area (Å²) in [6.07, 6.45) is -3.28. The molecule has 1 spiro atoms. The quantitative estimate of drug-likeness (QED) is 0.443. The highest BCUT2D eigenvalue weighted by Gasteiger charge is 2.67. The van der Waals surface area contributed by atoms with E-state index in [1.165, 1.54) is 6.07 Å². The summed E-state index contributed by atoms with van der Waals surface area (Å²) < 4.78 is 94.6. The monoisotopic (exact) mass is 578 g/mol. The number of nitrogens with zero attached hydrogens (tertiary/aromatic N) is 5. The number of nitrogens with one attached hydrogen (secondary N) is 1. The SMILES string of the molecule is N#Cc1cnc(CNC(=O)[C@@H]2C[C@@H](F)C3(CC3)N2S(=O)(=O)c2ccc(F)cc2)cc1-c1cnc(C(F)(F)F)nc1. The van der Waals surface area contributed by atoms with Gasteiger partial charge >= 0.3 is 6.18 Å². The van der Waals surface area contributed by atoms with Gasteiger partial charge in [0.2, 0.25) is 21.8 Å². The van der Waals surface area contributed by atoms with Crippen LogP contribution < -0.4 is 5.32 Å². The van der Waals surface area contributed by atoms with Crippen LogP contribution in [0.5, 0.6) is 0 Å². The van der Waals surface area contributed by atoms with E-state index in [9.17, 15) is 36.0 Å². The topological polar surface area (TPSA) is 129 Å². The van der Waals surface area contributed by atoms with Crippen LogP contribution in [0.1, 0.15) is 36.3 Å². The Morgan fingerprint density at radius 2 is 1.77 bits per heavy atom. The minimum absolute atomic E-state index is 0.0155. The van der Waals surface area contributed by atoms with E-state index >= 15 is 4.39 Å². The zero-order valence-corrected chi connectivity index (χ0v) is 21.2. The van der Waals surface area contributed by atoms with Crippen molar-refractivity contribution in [3.05, 3.63) is 71.8 Å². The summed E-state index contributed by atoms with van der Waals surface area (Å²) in [7, 11) is -4.36. The third-order valence-electron chi connectivity index (χ3n) is 6.91. The Bertz CT molecular complexity index is 1600. The van der Waals surface area contributed by atoms with E-state index in [-0.39, 0.29) is 53.1 Å². The van der Waals surface area contributed by atoms with Gasteiger partial charge in [-0.2, -0.15) is 22.7 Å². The fraction of sp³-hybridized carbons (Fsp3) is 0.320. The Balaban J connectivity index is 1.37. The second-order valence-corrected chi connectivity index (χ2v) is 11.2. The Morgan fingerprint density at radius 1 is 1.12 bits per heavy atom. The third-order valence-corrected chi connectivity index (χ3v) is 8.92. The first kappa shape index (κ1) is 27.5. The summed E-state index contributed by atoms with van der Waals surface area (Å²) in [5, 5.41) is 11.9. The van der Waals surface area contributed by atoms with Crippen LogP contribution in [-0.2, 0) is 27.5 Å². The van der Waals surface area contributed by atoms with Crippen LogP contribution in [0.15, 0.2) is 53.8 Å². The van der Waals surface area contributed by atoms with Crippen LogP contribution in [0.25, 0.3) is 11.1 Å². The lowest BCUT2D eigenvalue weighted by atomic mass is 10.0. The van der Waals surface area contributed by atoms with Crippen LogP contribution in [-0.4, -0.2) is 51.3 Å². The molecule has 1 aromatic carbocycles. The van der Waals surface area contributed by atoms with E-state index in [1.54, 1.807) is 0 Å². The highest BCUT2D eigenvalue weighted by Crippen LogP contribution is 2.55. The molecule has 1 saturated carbocycles. The molecule has 0 bridgehead atoms. The maximum atomic E-state index is 15.1. The zero-order valence-electron chi connectivity index (χ0n) is 20.4. The number of aromatic nitrogens is 3. The molecule has 2 aromatic heterocycles. The molecular formula is C25H19F5N6O3S. The molecular weight excluding hydrogens is 559 g/mol. The first-order valence-electron chi connectivity index (χ1n) is 11.9. The lowest BCUT2D eigenvalue weighted by molar-refractivity contribution is -0.145. The summed E-state index contributed by atoms with van der Waals surface area (Å²) in [5.74, 6) is -2.80. The zero-order chi connectivity index (χ0) is 28.9. The number of carbonyl (C=O) groups is 1. The van der Waals surface area contributed by atoms with Crippen molar-refractivity contribution in [2.24, 2.45) is 0 Å². The van der Waals surface area contributed by atoms with Crippen LogP contribution in [0.2, 0.25) is 0 Å². The van der Waals surface area contributed by atoms with Gasteiger partial charge in [-0.25, -0.2) is 27.2 Å². The molecule has 3 aromatic rings. The van der Waals surface area contributed by atoms with E-state index in [1.807, 2.05) is 6.07 Å². The first-order valence-corrected chi connectivity index (χ1v) is 13.3. The van der Waals surface area contributed by atoms with E-state index in [4.69, 9.17) is 0 Å². The number of hydrogen-bond donors (Lipinski definition) is 1. The number of hydrogen-bond acceptors (Lipinski definition) is 7. The normalized spacial score (nSPS) is 20.3. The molecule has 9 nitrogen and oxygen atoms in total. The van der Waals surface area contributed by atoms with Gasteiger partial charge in [-0.3, -0.25) is 9.78 Å². The van der Waals surface area contributed by atoms with E-state index in [2.05, 4.69) is 20.3 Å². The molecule has 1 aliphatic heterocycles. The Labute approximate surface area is 224 Å². The lowest BCUT2D eigenvalue weighted by Gasteiger charge is -2.29. The third kappa shape index (κ3) is 4.88. The van der Waals surface area contributed by atoms with Crippen LogP contribution in [0, 0.1) is 17.1 Å². The molecule has 2 aliphatic rings. The van der Waals surface area contributed by atoms with E-state index in [0.717, 1.165) is 47.2 Å². The number of rotatable bonds is 6. The smallest absolute Gasteiger partial charge is 0.349 e. The fourth-order valence-electron chi connectivity index (χ4n) is 4.79. The van der Waals surface area contributed by atoms with Crippen molar-refractivity contribution in [2.45, 2.75) is 54.6 Å². The number of pyridine rings is 1. The van der Waals surface area contributed by atoms with Crippen molar-refractivity contribution in [2.75, 3.05) is 0 Å². The van der Waals surface area contributed by atoms with Gasteiger partial charge in [-0.1, -0.05) is 0 Å². The maximum absolute atomic E-state index is 15.1. The molecule has 1 saturated heterocycles. The standard InChI is InChI=1S/C25H19F5N6O3S/c26-16-1-3-18(4-2-16)40(38,39)36-20(8-21(27)24(36)5-6-24)22(37)33-13-17-7-19(14(9-31)10-32-17)15-11-34-23(35-12-15)25(28,29)30/h1-4,7,10-12,20-21H,5-6,8,13H2,(H,33,37)/t20-,21+/m0/s1. The van der Waals surface area contributed by atoms with E-state index < -0.39 is 51.5 Å². The first-order chi connectivity index (χ1) is 18.9. The molecule has 2 atom stereocenters. The molecule has 40 heavy (non-hydrogen) atoms. The number of amides is 1. The Kier molecular flexibility index (Phi) is 6.79. The van der Waals surface area contributed by atoms with Gasteiger partial charge in [0.25, 0.3) is 0 Å². The number of carbonyl (C=O) groups excluding carboxylic acids is 1. The van der Waals surface area contributed by atoms with Crippen LogP contribution >= 0.6 is 0 Å². The fourth-order valence-corrected chi connectivity index (χ4v) is 6.79. The van der Waals surface area contributed by atoms with Crippen molar-refractivity contribution < 1.29 is 35.2 Å². The number of sulfonamides is 1. The molecule has 15 heteroatoms. The van der Waals surface area contributed by atoms with Crippen molar-refractivity contribution in [3.8, 4) is 17.2 Å². The van der Waals surface area contributed by atoms with Crippen LogP contribution in [0.3, 0.4) is 0 Å². The van der Waals surface area contributed by atoms with Gasteiger partial charge in [-0.05, 0) is 43.2 Å². The summed E-state index contributed by atoms with van der Waals surface area (Å²) in [4.78, 5) is 23.6. The second kappa shape index (κ2) is 9.86. The number of nitriles is 1. The predicted molar refractivity (Wildman–Crippen MR) is 128 cm³/mol. The summed E-state index contributed by atoms with van der Waals surface area (Å²) in [6, 6.07) is 5.86. The largest absolute Gasteiger partial charge is 0.451 e. The molecule has 1 aliphatic carbocycles. The number of benzene rings is 1. The highest BCUT2D eigenvalue weighted by molar-refractivity contribution is 7.89. The molecule has 5 rings (SSSR count). The average Bonchev–Trinajstić information content (AvgIpc) is 3.66. The lowest BCUT2D eigenvalue weighted by Crippen LogP contribution is -2.50. The van der Waals surface area contributed by atoms with Gasteiger partial charge in [0, 0.05) is 36.1 Å². The minimum Gasteiger partial charge on any atom is -0.349 e. The summed E-state index contributed by atoms with van der Waals surface area (Å²) in [5.41, 5.74) is -0.884. The minimum atomic E-state index is -4.75. The van der Waals surface area contributed by atoms with Gasteiger partial charge in [-0.15, -0.1) is 0 Å². The van der Waals surface area contributed by atoms with Crippen molar-refractivity contribution in [1.29, 1.82) is 5.26 Å². The summed E-state index contributed by atoms with van der Waals surface area (Å²) >= 11 is 0. The number of alkyl halides is 4. The molecule has 2 fully saturated rings. The van der Waals surface area contributed by atoms with Crippen molar-refractivity contribution >= 4 is 15.9 Å². The van der Waals surface area contributed by atoms with E-state index in [0.29, 0.717) is 0 Å². The van der Waals surface area contributed by atoms with Gasteiger partial charge in [0.1, 0.15) is 24.1 Å². The molecule has 1 N–H and O–H groups in total. The van der Waals surface area contributed by atoms with Crippen molar-refractivity contribution in [3.63, 3.8) is 0 Å².